The summed E-state index contributed by atoms with van der Waals surface area (Å²) in [6.07, 6.45) is 8.90. The van der Waals surface area contributed by atoms with Crippen LogP contribution in [0.3, 0.4) is 0 Å². The summed E-state index contributed by atoms with van der Waals surface area (Å²) in [6.45, 7) is 7.40. The second kappa shape index (κ2) is 13.9. The van der Waals surface area contributed by atoms with Gasteiger partial charge in [0.1, 0.15) is 6.10 Å². The number of hydrogen-bond acceptors (Lipinski definition) is 7. The predicted octanol–water partition coefficient (Wildman–Crippen LogP) is 3.46. The minimum absolute atomic E-state index is 0.0822. The molecule has 1 aliphatic heterocycles. The van der Waals surface area contributed by atoms with Gasteiger partial charge in [0.15, 0.2) is 5.78 Å². The first-order valence-electron chi connectivity index (χ1n) is 12.3. The van der Waals surface area contributed by atoms with Crippen LogP contribution in [0.4, 0.5) is 4.79 Å². The summed E-state index contributed by atoms with van der Waals surface area (Å²) in [5.41, 5.74) is 6.60. The summed E-state index contributed by atoms with van der Waals surface area (Å²) in [4.78, 5) is 49.8. The summed E-state index contributed by atoms with van der Waals surface area (Å²) in [5, 5.41) is 2.55. The zero-order valence-electron chi connectivity index (χ0n) is 22.4. The Morgan fingerprint density at radius 2 is 1.76 bits per heavy atom. The number of carbonyl (C=O) groups excluding carboxylic acids is 4. The van der Waals surface area contributed by atoms with E-state index in [1.165, 1.54) is 13.2 Å². The number of Topliss-reactive ketones (excluding diaryl/α,β-unsaturated/α-hetero) is 1. The van der Waals surface area contributed by atoms with E-state index in [4.69, 9.17) is 19.9 Å². The second-order valence-electron chi connectivity index (χ2n) is 9.58. The molecule has 0 aromatic heterocycles. The molecule has 2 bridgehead atoms. The van der Waals surface area contributed by atoms with Gasteiger partial charge in [-0.3, -0.25) is 14.4 Å². The van der Waals surface area contributed by atoms with Crippen molar-refractivity contribution >= 4 is 23.6 Å². The second-order valence-corrected chi connectivity index (χ2v) is 9.58. The van der Waals surface area contributed by atoms with Crippen molar-refractivity contribution in [3.8, 4) is 0 Å². The first-order valence-corrected chi connectivity index (χ1v) is 12.3. The molecule has 9 nitrogen and oxygen atoms in total. The van der Waals surface area contributed by atoms with Gasteiger partial charge < -0.3 is 25.3 Å². The van der Waals surface area contributed by atoms with E-state index >= 15 is 0 Å². The van der Waals surface area contributed by atoms with E-state index in [0.717, 1.165) is 11.6 Å². The van der Waals surface area contributed by atoms with Crippen LogP contribution in [0, 0.1) is 11.8 Å². The SMILES string of the molecule is COC1CCC(OC)C2=CC(=O)C=C(NC(=O)/C(C)=C/C=C\C(C)C(OC(N)=O)/C(C)=C/[C@H](C)C1)C2=O. The van der Waals surface area contributed by atoms with E-state index in [1.54, 1.807) is 32.3 Å². The molecule has 2 rings (SSSR count). The van der Waals surface area contributed by atoms with Gasteiger partial charge in [-0.1, -0.05) is 38.2 Å². The molecule has 5 atom stereocenters. The van der Waals surface area contributed by atoms with Gasteiger partial charge in [-0.05, 0) is 50.7 Å². The van der Waals surface area contributed by atoms with Crippen molar-refractivity contribution in [1.29, 1.82) is 0 Å². The van der Waals surface area contributed by atoms with Crippen LogP contribution in [0.2, 0.25) is 0 Å². The Morgan fingerprint density at radius 1 is 1.05 bits per heavy atom. The Hall–Kier alpha value is -3.30. The zero-order chi connectivity index (χ0) is 27.7. The van der Waals surface area contributed by atoms with Crippen molar-refractivity contribution in [2.75, 3.05) is 14.2 Å². The number of methoxy groups -OCH3 is 2. The van der Waals surface area contributed by atoms with Crippen molar-refractivity contribution < 1.29 is 33.4 Å². The number of primary amides is 1. The summed E-state index contributed by atoms with van der Waals surface area (Å²) in [7, 11) is 3.10. The molecule has 2 amide bonds. The van der Waals surface area contributed by atoms with Crippen molar-refractivity contribution in [3.63, 3.8) is 0 Å². The molecule has 9 heteroatoms. The van der Waals surface area contributed by atoms with E-state index in [-0.39, 0.29) is 29.2 Å². The van der Waals surface area contributed by atoms with Gasteiger partial charge in [0.2, 0.25) is 5.78 Å². The van der Waals surface area contributed by atoms with Crippen LogP contribution in [-0.4, -0.2) is 56.1 Å². The first-order chi connectivity index (χ1) is 17.5. The fraction of sp³-hybridized carbons (Fsp3) is 0.500. The molecule has 3 N–H and O–H groups in total. The molecule has 0 saturated heterocycles. The highest BCUT2D eigenvalue weighted by molar-refractivity contribution is 6.22. The number of nitrogens with two attached hydrogens (primary N) is 1. The van der Waals surface area contributed by atoms with Crippen LogP contribution in [0.1, 0.15) is 47.0 Å². The number of carbonyl (C=O) groups is 4. The number of allylic oxidation sites excluding steroid dienone is 6. The van der Waals surface area contributed by atoms with Crippen LogP contribution in [-0.2, 0) is 28.6 Å². The van der Waals surface area contributed by atoms with Gasteiger partial charge >= 0.3 is 6.09 Å². The maximum absolute atomic E-state index is 13.1. The van der Waals surface area contributed by atoms with Crippen molar-refractivity contribution in [2.24, 2.45) is 17.6 Å². The fourth-order valence-electron chi connectivity index (χ4n) is 4.56. The van der Waals surface area contributed by atoms with Gasteiger partial charge in [0.25, 0.3) is 5.91 Å². The minimum atomic E-state index is -0.872. The molecule has 202 valence electrons. The van der Waals surface area contributed by atoms with Gasteiger partial charge in [-0.25, -0.2) is 4.79 Å². The van der Waals surface area contributed by atoms with Gasteiger partial charge in [0.05, 0.1) is 17.9 Å². The van der Waals surface area contributed by atoms with E-state index in [9.17, 15) is 19.2 Å². The van der Waals surface area contributed by atoms with Crippen molar-refractivity contribution in [1.82, 2.24) is 5.32 Å². The number of fused-ring (bicyclic) bond motifs is 2. The lowest BCUT2D eigenvalue weighted by molar-refractivity contribution is -0.120. The summed E-state index contributed by atoms with van der Waals surface area (Å²) < 4.78 is 16.7. The quantitative estimate of drug-likeness (QED) is 0.435. The van der Waals surface area contributed by atoms with Gasteiger partial charge in [-0.15, -0.1) is 0 Å². The zero-order valence-corrected chi connectivity index (χ0v) is 22.4. The average Bonchev–Trinajstić information content (AvgIpc) is 2.83. The maximum atomic E-state index is 13.1. The summed E-state index contributed by atoms with van der Waals surface area (Å²) in [6, 6.07) is 0. The molecule has 0 aromatic rings. The van der Waals surface area contributed by atoms with E-state index in [0.29, 0.717) is 24.8 Å². The van der Waals surface area contributed by atoms with Gasteiger partial charge in [-0.2, -0.15) is 0 Å². The Balaban J connectivity index is 2.47. The van der Waals surface area contributed by atoms with E-state index in [2.05, 4.69) is 5.32 Å². The Bertz CT molecular complexity index is 1050. The molecule has 0 spiro atoms. The normalized spacial score (nSPS) is 32.2. The van der Waals surface area contributed by atoms with Gasteiger partial charge in [0, 0.05) is 37.4 Å². The molecule has 0 fully saturated rings. The molecule has 4 unspecified atom stereocenters. The lowest BCUT2D eigenvalue weighted by Crippen LogP contribution is -2.35. The molecule has 37 heavy (non-hydrogen) atoms. The van der Waals surface area contributed by atoms with Crippen LogP contribution in [0.25, 0.3) is 0 Å². The predicted molar refractivity (Wildman–Crippen MR) is 139 cm³/mol. The molecular formula is C28H38N2O7. The van der Waals surface area contributed by atoms with Crippen molar-refractivity contribution in [2.45, 2.75) is 65.3 Å². The third kappa shape index (κ3) is 8.65. The van der Waals surface area contributed by atoms with Crippen LogP contribution in [0.5, 0.6) is 0 Å². The Labute approximate surface area is 218 Å². The summed E-state index contributed by atoms with van der Waals surface area (Å²) in [5.74, 6) is -1.53. The number of rotatable bonds is 3. The minimum Gasteiger partial charge on any atom is -0.441 e. The maximum Gasteiger partial charge on any atom is 0.405 e. The molecule has 0 aromatic carbocycles. The third-order valence-electron chi connectivity index (χ3n) is 6.53. The number of amides is 2. The highest BCUT2D eigenvalue weighted by atomic mass is 16.6. The standard InChI is InChI=1S/C28H38N2O7/c1-16-12-19(4)26(37-28(29)34)17(2)8-7-9-18(3)27(33)30-23-15-20(31)14-22(25(23)32)24(36-6)11-10-21(13-16)35-5/h7-9,12,14-17,21,24,26H,10-11,13H2,1-6H3,(H2,29,34)(H,30,33)/b8-7-,18-9+,19-12+/t16-,17?,21?,24?,26?/m0/s1. The molecule has 0 saturated carbocycles. The molecule has 1 heterocycles. The highest BCUT2D eigenvalue weighted by Gasteiger charge is 2.30. The smallest absolute Gasteiger partial charge is 0.405 e. The lowest BCUT2D eigenvalue weighted by Gasteiger charge is -2.25. The Kier molecular flexibility index (Phi) is 11.2. The van der Waals surface area contributed by atoms with E-state index < -0.39 is 35.8 Å². The highest BCUT2D eigenvalue weighted by Crippen LogP contribution is 2.26. The number of hydrogen-bond donors (Lipinski definition) is 2. The van der Waals surface area contributed by atoms with Crippen molar-refractivity contribution in [3.05, 3.63) is 58.9 Å². The lowest BCUT2D eigenvalue weighted by atomic mass is 9.90. The van der Waals surface area contributed by atoms with Crippen LogP contribution in [0.15, 0.2) is 58.9 Å². The monoisotopic (exact) mass is 514 g/mol. The fourth-order valence-corrected chi connectivity index (χ4v) is 4.56. The van der Waals surface area contributed by atoms with Crippen LogP contribution >= 0.6 is 0 Å². The molecule has 2 aliphatic rings. The molecule has 1 aliphatic carbocycles. The Morgan fingerprint density at radius 3 is 2.38 bits per heavy atom. The van der Waals surface area contributed by atoms with Crippen LogP contribution < -0.4 is 11.1 Å². The largest absolute Gasteiger partial charge is 0.441 e. The number of ketones is 2. The topological polar surface area (TPSA) is 134 Å². The first kappa shape index (κ1) is 29.9. The molecule has 0 radical (unpaired) electrons. The number of nitrogens with one attached hydrogen (secondary N) is 1. The number of ether oxygens (including phenoxy) is 3. The molecular weight excluding hydrogens is 476 g/mol. The van der Waals surface area contributed by atoms with E-state index in [1.807, 2.05) is 26.8 Å². The third-order valence-corrected chi connectivity index (χ3v) is 6.53. The summed E-state index contributed by atoms with van der Waals surface area (Å²) >= 11 is 0. The average molecular weight is 515 g/mol.